The molecular formula is C28H31ClFN3O4S. The van der Waals surface area contributed by atoms with Gasteiger partial charge in [0.2, 0.25) is 11.8 Å². The zero-order valence-electron chi connectivity index (χ0n) is 21.5. The summed E-state index contributed by atoms with van der Waals surface area (Å²) in [7, 11) is -4.18. The van der Waals surface area contributed by atoms with Crippen LogP contribution in [0.2, 0.25) is 5.02 Å². The first-order valence-corrected chi connectivity index (χ1v) is 14.0. The van der Waals surface area contributed by atoms with Gasteiger partial charge in [-0.3, -0.25) is 13.9 Å². The lowest BCUT2D eigenvalue weighted by Crippen LogP contribution is -2.52. The van der Waals surface area contributed by atoms with Gasteiger partial charge in [0.1, 0.15) is 18.4 Å². The van der Waals surface area contributed by atoms with Crippen LogP contribution >= 0.6 is 11.6 Å². The molecule has 3 rings (SSSR count). The van der Waals surface area contributed by atoms with Crippen molar-refractivity contribution in [3.63, 3.8) is 0 Å². The van der Waals surface area contributed by atoms with Crippen molar-refractivity contribution < 1.29 is 22.4 Å². The lowest BCUT2D eigenvalue weighted by Gasteiger charge is -2.32. The van der Waals surface area contributed by atoms with Crippen LogP contribution in [0.4, 0.5) is 10.1 Å². The highest BCUT2D eigenvalue weighted by Gasteiger charge is 2.33. The summed E-state index contributed by atoms with van der Waals surface area (Å²) in [6.07, 6.45) is 0.680. The average Bonchev–Trinajstić information content (AvgIpc) is 2.91. The van der Waals surface area contributed by atoms with Crippen LogP contribution in [0.15, 0.2) is 83.8 Å². The molecule has 0 aromatic heterocycles. The van der Waals surface area contributed by atoms with Crippen LogP contribution in [0, 0.1) is 5.82 Å². The van der Waals surface area contributed by atoms with Crippen molar-refractivity contribution in [2.75, 3.05) is 10.8 Å². The summed E-state index contributed by atoms with van der Waals surface area (Å²) in [5.74, 6) is -1.63. The number of nitrogens with one attached hydrogen (secondary N) is 1. The molecule has 3 aromatic carbocycles. The number of carbonyl (C=O) groups excluding carboxylic acids is 2. The topological polar surface area (TPSA) is 86.8 Å². The largest absolute Gasteiger partial charge is 0.352 e. The molecule has 202 valence electrons. The van der Waals surface area contributed by atoms with E-state index in [-0.39, 0.29) is 28.7 Å². The van der Waals surface area contributed by atoms with E-state index in [0.717, 1.165) is 4.31 Å². The van der Waals surface area contributed by atoms with E-state index >= 15 is 0 Å². The van der Waals surface area contributed by atoms with Crippen molar-refractivity contribution in [2.45, 2.75) is 50.7 Å². The Hall–Kier alpha value is -3.43. The summed E-state index contributed by atoms with van der Waals surface area (Å²) in [5.41, 5.74) is 0.419. The maximum Gasteiger partial charge on any atom is 0.264 e. The molecule has 1 N–H and O–H groups in total. The monoisotopic (exact) mass is 559 g/mol. The van der Waals surface area contributed by atoms with Crippen LogP contribution in [0.3, 0.4) is 0 Å². The zero-order valence-corrected chi connectivity index (χ0v) is 23.0. The van der Waals surface area contributed by atoms with Crippen molar-refractivity contribution in [1.29, 1.82) is 0 Å². The van der Waals surface area contributed by atoms with Gasteiger partial charge in [-0.15, -0.1) is 0 Å². The number of sulfonamides is 1. The maximum atomic E-state index is 14.6. The third-order valence-corrected chi connectivity index (χ3v) is 8.23. The predicted molar refractivity (Wildman–Crippen MR) is 147 cm³/mol. The van der Waals surface area contributed by atoms with E-state index in [2.05, 4.69) is 5.32 Å². The molecule has 0 spiro atoms. The van der Waals surface area contributed by atoms with Crippen molar-refractivity contribution in [3.8, 4) is 0 Å². The van der Waals surface area contributed by atoms with Gasteiger partial charge in [0.25, 0.3) is 10.0 Å². The molecule has 0 saturated carbocycles. The normalized spacial score (nSPS) is 12.9. The Morgan fingerprint density at radius 1 is 0.947 bits per heavy atom. The SMILES string of the molecule is CC[C@H](C)NC(=O)[C@H](C)N(Cc1ccccc1F)C(=O)CN(c1ccc(Cl)cc1)S(=O)(=O)c1ccccc1. The Balaban J connectivity index is 2.02. The Morgan fingerprint density at radius 2 is 1.55 bits per heavy atom. The van der Waals surface area contributed by atoms with Crippen LogP contribution < -0.4 is 9.62 Å². The molecule has 0 saturated heterocycles. The number of halogens is 2. The Morgan fingerprint density at radius 3 is 2.16 bits per heavy atom. The molecule has 38 heavy (non-hydrogen) atoms. The van der Waals surface area contributed by atoms with E-state index in [1.807, 2.05) is 13.8 Å². The number of benzene rings is 3. The van der Waals surface area contributed by atoms with E-state index in [4.69, 9.17) is 11.6 Å². The summed E-state index contributed by atoms with van der Waals surface area (Å²) in [6.45, 7) is 4.45. The minimum absolute atomic E-state index is 0.00836. The number of hydrogen-bond acceptors (Lipinski definition) is 4. The molecule has 2 amide bonds. The van der Waals surface area contributed by atoms with Crippen LogP contribution in [-0.2, 0) is 26.2 Å². The molecule has 0 aliphatic carbocycles. The molecule has 0 aliphatic heterocycles. The summed E-state index contributed by atoms with van der Waals surface area (Å²) < 4.78 is 42.8. The quantitative estimate of drug-likeness (QED) is 0.358. The lowest BCUT2D eigenvalue weighted by atomic mass is 10.1. The number of amides is 2. The van der Waals surface area contributed by atoms with E-state index in [0.29, 0.717) is 11.4 Å². The van der Waals surface area contributed by atoms with Gasteiger partial charge < -0.3 is 10.2 Å². The molecular weight excluding hydrogens is 529 g/mol. The van der Waals surface area contributed by atoms with Gasteiger partial charge in [-0.1, -0.05) is 54.9 Å². The fraction of sp³-hybridized carbons (Fsp3) is 0.286. The first-order chi connectivity index (χ1) is 18.0. The molecule has 7 nitrogen and oxygen atoms in total. The van der Waals surface area contributed by atoms with Crippen molar-refractivity contribution in [2.24, 2.45) is 0 Å². The fourth-order valence-electron chi connectivity index (χ4n) is 3.71. The molecule has 3 aromatic rings. The Kier molecular flexibility index (Phi) is 9.88. The molecule has 0 bridgehead atoms. The highest BCUT2D eigenvalue weighted by atomic mass is 35.5. The number of hydrogen-bond donors (Lipinski definition) is 1. The lowest BCUT2D eigenvalue weighted by molar-refractivity contribution is -0.139. The maximum absolute atomic E-state index is 14.6. The van der Waals surface area contributed by atoms with E-state index in [1.165, 1.54) is 66.4 Å². The van der Waals surface area contributed by atoms with E-state index in [1.54, 1.807) is 24.3 Å². The van der Waals surface area contributed by atoms with Crippen LogP contribution in [0.25, 0.3) is 0 Å². The fourth-order valence-corrected chi connectivity index (χ4v) is 5.28. The number of carbonyl (C=O) groups is 2. The van der Waals surface area contributed by atoms with Gasteiger partial charge >= 0.3 is 0 Å². The summed E-state index contributed by atoms with van der Waals surface area (Å²) in [6, 6.07) is 18.6. The molecule has 0 aliphatic rings. The first-order valence-electron chi connectivity index (χ1n) is 12.2. The molecule has 0 heterocycles. The Bertz CT molecular complexity index is 1350. The highest BCUT2D eigenvalue weighted by Crippen LogP contribution is 2.26. The molecule has 2 atom stereocenters. The third-order valence-electron chi connectivity index (χ3n) is 6.19. The van der Waals surface area contributed by atoms with Gasteiger partial charge in [0, 0.05) is 23.2 Å². The van der Waals surface area contributed by atoms with Gasteiger partial charge in [-0.2, -0.15) is 0 Å². The van der Waals surface area contributed by atoms with Crippen LogP contribution in [0.5, 0.6) is 0 Å². The van der Waals surface area contributed by atoms with Crippen molar-refractivity contribution in [3.05, 3.63) is 95.3 Å². The standard InChI is InChI=1S/C28H31ClFN3O4S/c1-4-20(2)31-28(35)21(3)32(18-22-10-8-9-13-26(22)30)27(34)19-33(24-16-14-23(29)15-17-24)38(36,37)25-11-6-5-7-12-25/h5-17,20-21H,4,18-19H2,1-3H3,(H,31,35)/t20-,21-/m0/s1. The summed E-state index contributed by atoms with van der Waals surface area (Å²) in [4.78, 5) is 28.0. The number of rotatable bonds is 11. The third kappa shape index (κ3) is 7.11. The molecule has 0 fully saturated rings. The second-order valence-corrected chi connectivity index (χ2v) is 11.2. The average molecular weight is 560 g/mol. The summed E-state index contributed by atoms with van der Waals surface area (Å²) in [5, 5.41) is 3.24. The first kappa shape index (κ1) is 29.1. The molecule has 0 unspecified atom stereocenters. The molecule has 0 radical (unpaired) electrons. The number of anilines is 1. The van der Waals surface area contributed by atoms with Gasteiger partial charge in [-0.05, 0) is 62.7 Å². The van der Waals surface area contributed by atoms with Gasteiger partial charge in [0.05, 0.1) is 10.6 Å². The zero-order chi connectivity index (χ0) is 27.9. The molecule has 10 heteroatoms. The minimum atomic E-state index is -4.18. The van der Waals surface area contributed by atoms with E-state index < -0.39 is 40.2 Å². The van der Waals surface area contributed by atoms with Crippen LogP contribution in [0.1, 0.15) is 32.8 Å². The second kappa shape index (κ2) is 12.9. The predicted octanol–water partition coefficient (Wildman–Crippen LogP) is 5.01. The van der Waals surface area contributed by atoms with Gasteiger partial charge in [-0.25, -0.2) is 12.8 Å². The van der Waals surface area contributed by atoms with E-state index in [9.17, 15) is 22.4 Å². The number of nitrogens with zero attached hydrogens (tertiary/aromatic N) is 2. The smallest absolute Gasteiger partial charge is 0.264 e. The van der Waals surface area contributed by atoms with Crippen molar-refractivity contribution in [1.82, 2.24) is 10.2 Å². The Labute approximate surface area is 228 Å². The minimum Gasteiger partial charge on any atom is -0.352 e. The van der Waals surface area contributed by atoms with Crippen LogP contribution in [-0.4, -0.2) is 43.8 Å². The highest BCUT2D eigenvalue weighted by molar-refractivity contribution is 7.92. The second-order valence-electron chi connectivity index (χ2n) is 8.91. The summed E-state index contributed by atoms with van der Waals surface area (Å²) >= 11 is 6.02. The van der Waals surface area contributed by atoms with Crippen molar-refractivity contribution >= 4 is 39.1 Å². The van der Waals surface area contributed by atoms with Gasteiger partial charge in [0.15, 0.2) is 0 Å².